The first-order valence-electron chi connectivity index (χ1n) is 23.9. The molecule has 6 nitrogen and oxygen atoms in total. The van der Waals surface area contributed by atoms with Crippen LogP contribution in [0.5, 0.6) is 0 Å². The van der Waals surface area contributed by atoms with Crippen LogP contribution < -0.4 is 0 Å². The van der Waals surface area contributed by atoms with Gasteiger partial charge in [-0.1, -0.05) is 139 Å². The van der Waals surface area contributed by atoms with Gasteiger partial charge in [-0.3, -0.25) is 0 Å². The molecule has 0 radical (unpaired) electrons. The van der Waals surface area contributed by atoms with Gasteiger partial charge in [-0.2, -0.15) is 10.5 Å². The summed E-state index contributed by atoms with van der Waals surface area (Å²) >= 11 is 0. The van der Waals surface area contributed by atoms with Gasteiger partial charge in [0.25, 0.3) is 0 Å². The summed E-state index contributed by atoms with van der Waals surface area (Å²) in [5.74, 6) is 0. The summed E-state index contributed by atoms with van der Waals surface area (Å²) in [5, 5.41) is 29.0. The van der Waals surface area contributed by atoms with E-state index in [9.17, 15) is 10.5 Å². The molecule has 0 aliphatic heterocycles. The predicted octanol–water partition coefficient (Wildman–Crippen LogP) is 17.4. The van der Waals surface area contributed by atoms with Crippen LogP contribution in [0.1, 0.15) is 63.8 Å². The summed E-state index contributed by atoms with van der Waals surface area (Å²) in [6, 6.07) is 63.9. The highest BCUT2D eigenvalue weighted by Crippen LogP contribution is 2.55. The normalized spacial score (nSPS) is 12.4. The lowest BCUT2D eigenvalue weighted by Gasteiger charge is -2.38. The first-order chi connectivity index (χ1) is 33.9. The van der Waals surface area contributed by atoms with Crippen LogP contribution in [0.3, 0.4) is 0 Å². The van der Waals surface area contributed by atoms with Crippen LogP contribution in [0.25, 0.3) is 121 Å². The molecule has 0 N–H and O–H groups in total. The molecule has 0 spiro atoms. The number of furan rings is 2. The van der Waals surface area contributed by atoms with Crippen molar-refractivity contribution in [2.45, 2.75) is 52.4 Å². The third-order valence-electron chi connectivity index (χ3n) is 14.4. The Morgan fingerprint density at radius 2 is 0.743 bits per heavy atom. The Labute approximate surface area is 404 Å². The van der Waals surface area contributed by atoms with Gasteiger partial charge >= 0.3 is 0 Å². The Bertz CT molecular complexity index is 4330. The second-order valence-electron chi connectivity index (χ2n) is 20.6. The molecule has 334 valence electrons. The van der Waals surface area contributed by atoms with Gasteiger partial charge in [-0.25, -0.2) is 0 Å². The van der Waals surface area contributed by atoms with Crippen LogP contribution in [0.15, 0.2) is 179 Å². The Morgan fingerprint density at radius 1 is 0.371 bits per heavy atom. The highest BCUT2D eigenvalue weighted by molar-refractivity contribution is 6.26. The summed E-state index contributed by atoms with van der Waals surface area (Å²) in [5.41, 5.74) is 16.2. The lowest BCUT2D eigenvalue weighted by Crippen LogP contribution is -2.26. The maximum absolute atomic E-state index is 10.2. The molecule has 0 bridgehead atoms. The second kappa shape index (κ2) is 14.8. The molecule has 13 aromatic rings. The zero-order chi connectivity index (χ0) is 47.8. The average molecular weight is 903 g/mol. The zero-order valence-corrected chi connectivity index (χ0v) is 39.8. The van der Waals surface area contributed by atoms with E-state index < -0.39 is 10.8 Å². The Morgan fingerprint density at radius 3 is 1.14 bits per heavy atom. The third kappa shape index (κ3) is 5.84. The number of hydrogen-bond acceptors (Lipinski definition) is 4. The fourth-order valence-corrected chi connectivity index (χ4v) is 11.6. The van der Waals surface area contributed by atoms with E-state index in [1.165, 1.54) is 0 Å². The molecule has 0 saturated heterocycles. The molecule has 0 unspecified atom stereocenters. The Hall–Kier alpha value is -8.84. The molecule has 4 aromatic heterocycles. The fraction of sp³-hybridized carbons (Fsp3) is 0.125. The summed E-state index contributed by atoms with van der Waals surface area (Å²) < 4.78 is 18.7. The number of nitrogens with zero attached hydrogens (tertiary/aromatic N) is 4. The minimum absolute atomic E-state index is 0.484. The highest BCUT2D eigenvalue weighted by Gasteiger charge is 2.39. The molecule has 70 heavy (non-hydrogen) atoms. The van der Waals surface area contributed by atoms with Crippen molar-refractivity contribution in [1.82, 2.24) is 9.13 Å². The van der Waals surface area contributed by atoms with Crippen molar-refractivity contribution in [2.75, 3.05) is 0 Å². The van der Waals surface area contributed by atoms with Gasteiger partial charge in [0.2, 0.25) is 0 Å². The maximum Gasteiger partial charge on any atom is 0.145 e. The summed E-state index contributed by atoms with van der Waals surface area (Å²) in [6.45, 7) is 14.0. The third-order valence-corrected chi connectivity index (χ3v) is 14.4. The molecule has 0 saturated carbocycles. The van der Waals surface area contributed by atoms with Gasteiger partial charge in [-0.05, 0) is 106 Å². The van der Waals surface area contributed by atoms with Crippen molar-refractivity contribution < 1.29 is 8.83 Å². The van der Waals surface area contributed by atoms with E-state index in [4.69, 9.17) is 8.83 Å². The van der Waals surface area contributed by atoms with E-state index in [1.54, 1.807) is 0 Å². The smallest absolute Gasteiger partial charge is 0.145 e. The van der Waals surface area contributed by atoms with E-state index in [0.29, 0.717) is 11.1 Å². The van der Waals surface area contributed by atoms with Crippen molar-refractivity contribution in [3.8, 4) is 45.8 Å². The molecule has 0 atom stereocenters. The molecular weight excluding hydrogens is 857 g/mol. The second-order valence-corrected chi connectivity index (χ2v) is 20.6. The first kappa shape index (κ1) is 41.4. The topological polar surface area (TPSA) is 83.7 Å². The number of aromatic nitrogens is 2. The quantitative estimate of drug-likeness (QED) is 0.176. The summed E-state index contributed by atoms with van der Waals surface area (Å²) in [7, 11) is 0. The Kier molecular flexibility index (Phi) is 8.76. The predicted molar refractivity (Wildman–Crippen MR) is 287 cm³/mol. The number of fused-ring (bicyclic) bond motifs is 14. The van der Waals surface area contributed by atoms with Crippen molar-refractivity contribution in [1.29, 1.82) is 10.5 Å². The minimum atomic E-state index is -0.484. The highest BCUT2D eigenvalue weighted by atomic mass is 16.3. The van der Waals surface area contributed by atoms with Gasteiger partial charge in [0.05, 0.1) is 67.5 Å². The van der Waals surface area contributed by atoms with Crippen LogP contribution in [0, 0.1) is 22.7 Å². The average Bonchev–Trinajstić information content (AvgIpc) is 4.12. The number of benzene rings is 9. The van der Waals surface area contributed by atoms with Crippen molar-refractivity contribution in [2.24, 2.45) is 0 Å². The first-order valence-corrected chi connectivity index (χ1v) is 23.9. The molecule has 9 aromatic carbocycles. The van der Waals surface area contributed by atoms with E-state index in [-0.39, 0.29) is 0 Å². The van der Waals surface area contributed by atoms with Crippen molar-refractivity contribution in [3.63, 3.8) is 0 Å². The van der Waals surface area contributed by atoms with Crippen LogP contribution in [0.4, 0.5) is 0 Å². The minimum Gasteiger partial charge on any atom is -0.455 e. The van der Waals surface area contributed by atoms with Crippen LogP contribution in [-0.2, 0) is 10.8 Å². The summed E-state index contributed by atoms with van der Waals surface area (Å²) in [6.07, 6.45) is 0. The van der Waals surface area contributed by atoms with E-state index in [1.807, 2.05) is 42.5 Å². The maximum atomic E-state index is 10.2. The van der Waals surface area contributed by atoms with Gasteiger partial charge in [0.1, 0.15) is 22.3 Å². The molecule has 4 heterocycles. The van der Waals surface area contributed by atoms with Gasteiger partial charge < -0.3 is 18.0 Å². The van der Waals surface area contributed by atoms with Crippen LogP contribution in [0.2, 0.25) is 0 Å². The van der Waals surface area contributed by atoms with Crippen LogP contribution in [-0.4, -0.2) is 9.13 Å². The lowest BCUT2D eigenvalue weighted by molar-refractivity contribution is 0.565. The lowest BCUT2D eigenvalue weighted by atomic mass is 9.71. The van der Waals surface area contributed by atoms with E-state index in [2.05, 4.69) is 190 Å². The molecule has 0 aliphatic carbocycles. The van der Waals surface area contributed by atoms with Gasteiger partial charge in [0.15, 0.2) is 0 Å². The standard InChI is InChI=1S/C64H46N4O2/c1-63(2,3)57-53(39-27-23-37(35-65)24-28-39)59(67-47-19-11-7-17-45(47)55-49(67)33-31-43-41-15-9-13-21-51(41)69-61(43)55)54(40-29-25-38(36-66)26-30-40)58(64(4,5)6)60(57)68-48-20-12-8-18-46(48)56-50(68)34-32-44-42-16-10-14-22-52(42)70-62(44)56/h7-34H,1-6H3. The van der Waals surface area contributed by atoms with Crippen molar-refractivity contribution >= 4 is 87.5 Å². The Balaban J connectivity index is 1.32. The largest absolute Gasteiger partial charge is 0.455 e. The number of hydrogen-bond donors (Lipinski definition) is 0. The molecule has 0 aliphatic rings. The monoisotopic (exact) mass is 902 g/mol. The van der Waals surface area contributed by atoms with Gasteiger partial charge in [-0.15, -0.1) is 0 Å². The van der Waals surface area contributed by atoms with Crippen molar-refractivity contribution in [3.05, 3.63) is 192 Å². The fourth-order valence-electron chi connectivity index (χ4n) is 11.6. The number of nitriles is 2. The molecule has 0 fully saturated rings. The van der Waals surface area contributed by atoms with Crippen LogP contribution >= 0.6 is 0 Å². The SMILES string of the molecule is CC(C)(C)c1c(-c2ccc(C#N)cc2)c(-n2c3ccccc3c3c4oc5ccccc5c4ccc32)c(-c2ccc(C#N)cc2)c(C(C)(C)C)c1-n1c2ccccc2c2c3oc4ccccc4c3ccc21. The zero-order valence-electron chi connectivity index (χ0n) is 39.8. The van der Waals surface area contributed by atoms with E-state index >= 15 is 0 Å². The molecule has 0 amide bonds. The van der Waals surface area contributed by atoms with E-state index in [0.717, 1.165) is 132 Å². The summed E-state index contributed by atoms with van der Waals surface area (Å²) in [4.78, 5) is 0. The molecular formula is C64H46N4O2. The van der Waals surface area contributed by atoms with Gasteiger partial charge in [0, 0.05) is 43.4 Å². The molecule has 6 heteroatoms. The number of rotatable bonds is 4. The molecule has 13 rings (SSSR count). The number of para-hydroxylation sites is 4.